The van der Waals surface area contributed by atoms with Gasteiger partial charge in [-0.1, -0.05) is 29.5 Å². The molecule has 1 aliphatic rings. The largest absolute Gasteiger partial charge is 0.365 e. The summed E-state index contributed by atoms with van der Waals surface area (Å²) in [5.74, 6) is 0.0308. The quantitative estimate of drug-likeness (QED) is 0.613. The number of carbonyl (C=O) groups is 1. The number of anilines is 1. The molecule has 0 radical (unpaired) electrons. The normalized spacial score (nSPS) is 16.4. The Kier molecular flexibility index (Phi) is 6.32. The molecule has 2 aromatic heterocycles. The van der Waals surface area contributed by atoms with Crippen LogP contribution in [0.4, 0.5) is 9.52 Å². The molecule has 7 heteroatoms. The smallest absolute Gasteiger partial charge is 0.265 e. The minimum atomic E-state index is -0.186. The van der Waals surface area contributed by atoms with Crippen molar-refractivity contribution in [2.24, 2.45) is 0 Å². The van der Waals surface area contributed by atoms with E-state index in [2.05, 4.69) is 16.4 Å². The molecule has 0 bridgehead atoms. The molecule has 5 nitrogen and oxygen atoms in total. The fourth-order valence-corrected chi connectivity index (χ4v) is 5.08. The Morgan fingerprint density at radius 3 is 2.81 bits per heavy atom. The number of amides is 1. The summed E-state index contributed by atoms with van der Waals surface area (Å²) in [6.07, 6.45) is 2.46. The number of pyridine rings is 1. The number of thiazole rings is 1. The Balaban J connectivity index is 1.54. The molecular weight excluding hydrogens is 411 g/mol. The topological polar surface area (TPSA) is 58.1 Å². The molecule has 1 aromatic carbocycles. The predicted molar refractivity (Wildman–Crippen MR) is 122 cm³/mol. The number of hydrogen-bond acceptors (Lipinski definition) is 5. The highest BCUT2D eigenvalue weighted by molar-refractivity contribution is 7.17. The van der Waals surface area contributed by atoms with Gasteiger partial charge in [0.25, 0.3) is 5.91 Å². The summed E-state index contributed by atoms with van der Waals surface area (Å²) in [4.78, 5) is 24.9. The summed E-state index contributed by atoms with van der Waals surface area (Å²) in [5, 5.41) is 3.77. The molecular formula is C24H27FN4OS. The lowest BCUT2D eigenvalue weighted by atomic mass is 9.92. The molecule has 1 aliphatic heterocycles. The third-order valence-corrected chi connectivity index (χ3v) is 6.88. The van der Waals surface area contributed by atoms with Crippen molar-refractivity contribution in [3.8, 4) is 0 Å². The summed E-state index contributed by atoms with van der Waals surface area (Å²) in [5.41, 5.74) is 4.40. The Bertz CT molecular complexity index is 1100. The minimum Gasteiger partial charge on any atom is -0.365 e. The van der Waals surface area contributed by atoms with Crippen LogP contribution in [0.25, 0.3) is 0 Å². The van der Waals surface area contributed by atoms with E-state index in [9.17, 15) is 9.18 Å². The van der Waals surface area contributed by atoms with Gasteiger partial charge in [0.1, 0.15) is 10.7 Å². The number of likely N-dealkylation sites (tertiary alicyclic amines) is 1. The van der Waals surface area contributed by atoms with Crippen molar-refractivity contribution in [2.45, 2.75) is 39.0 Å². The van der Waals surface area contributed by atoms with E-state index in [-0.39, 0.29) is 17.6 Å². The number of aromatic nitrogens is 2. The molecule has 0 aliphatic carbocycles. The first kappa shape index (κ1) is 21.4. The van der Waals surface area contributed by atoms with Crippen LogP contribution in [0.3, 0.4) is 0 Å². The van der Waals surface area contributed by atoms with Crippen LogP contribution in [0.5, 0.6) is 0 Å². The molecule has 4 rings (SSSR count). The van der Waals surface area contributed by atoms with E-state index in [0.29, 0.717) is 23.4 Å². The van der Waals surface area contributed by atoms with Gasteiger partial charge in [0, 0.05) is 43.9 Å². The summed E-state index contributed by atoms with van der Waals surface area (Å²) in [7, 11) is 1.81. The van der Waals surface area contributed by atoms with Crippen LogP contribution in [0.1, 0.15) is 56.6 Å². The second kappa shape index (κ2) is 9.14. The molecule has 1 saturated heterocycles. The average molecular weight is 439 g/mol. The zero-order valence-electron chi connectivity index (χ0n) is 18.1. The number of halogens is 1. The first-order valence-corrected chi connectivity index (χ1v) is 11.4. The third-order valence-electron chi connectivity index (χ3n) is 5.72. The van der Waals surface area contributed by atoms with Gasteiger partial charge < -0.3 is 10.2 Å². The number of benzene rings is 1. The lowest BCUT2D eigenvalue weighted by Crippen LogP contribution is -2.39. The Labute approximate surface area is 186 Å². The van der Waals surface area contributed by atoms with Crippen LogP contribution in [0.15, 0.2) is 36.4 Å². The molecule has 31 heavy (non-hydrogen) atoms. The van der Waals surface area contributed by atoms with E-state index in [1.807, 2.05) is 44.0 Å². The number of rotatable bonds is 5. The van der Waals surface area contributed by atoms with Crippen molar-refractivity contribution >= 4 is 22.4 Å². The zero-order valence-corrected chi connectivity index (χ0v) is 18.9. The van der Waals surface area contributed by atoms with Gasteiger partial charge in [0.05, 0.1) is 5.69 Å². The van der Waals surface area contributed by atoms with Gasteiger partial charge in [-0.3, -0.25) is 9.78 Å². The number of hydrogen-bond donors (Lipinski definition) is 1. The van der Waals surface area contributed by atoms with Crippen LogP contribution in [0, 0.1) is 19.7 Å². The van der Waals surface area contributed by atoms with Gasteiger partial charge >= 0.3 is 0 Å². The van der Waals surface area contributed by atoms with Gasteiger partial charge in [-0.2, -0.15) is 0 Å². The number of carbonyl (C=O) groups excluding carboxylic acids is 1. The lowest BCUT2D eigenvalue weighted by Gasteiger charge is -2.32. The molecule has 162 valence electrons. The fraction of sp³-hybridized carbons (Fsp3) is 0.375. The van der Waals surface area contributed by atoms with E-state index in [4.69, 9.17) is 4.98 Å². The molecule has 3 aromatic rings. The van der Waals surface area contributed by atoms with E-state index < -0.39 is 0 Å². The summed E-state index contributed by atoms with van der Waals surface area (Å²) in [6.45, 7) is 5.24. The Hall–Kier alpha value is -2.80. The highest BCUT2D eigenvalue weighted by atomic mass is 32.1. The molecule has 1 fully saturated rings. The summed E-state index contributed by atoms with van der Waals surface area (Å²) in [6, 6.07) is 11.0. The van der Waals surface area contributed by atoms with Gasteiger partial charge in [0.2, 0.25) is 0 Å². The molecule has 1 unspecified atom stereocenters. The number of nitrogens with zero attached hydrogens (tertiary/aromatic N) is 3. The van der Waals surface area contributed by atoms with E-state index in [1.165, 1.54) is 17.4 Å². The summed E-state index contributed by atoms with van der Waals surface area (Å²) >= 11 is 1.40. The molecule has 1 atom stereocenters. The minimum absolute atomic E-state index is 0.0421. The van der Waals surface area contributed by atoms with E-state index in [0.717, 1.165) is 47.2 Å². The van der Waals surface area contributed by atoms with Crippen molar-refractivity contribution < 1.29 is 9.18 Å². The van der Waals surface area contributed by atoms with Crippen LogP contribution < -0.4 is 5.32 Å². The molecule has 1 N–H and O–H groups in total. The molecule has 0 spiro atoms. The van der Waals surface area contributed by atoms with Gasteiger partial charge in [0.15, 0.2) is 5.13 Å². The zero-order chi connectivity index (χ0) is 22.0. The Morgan fingerprint density at radius 1 is 1.26 bits per heavy atom. The van der Waals surface area contributed by atoms with Crippen LogP contribution in [-0.4, -0.2) is 40.9 Å². The maximum atomic E-state index is 14.1. The SMILES string of the molecule is CNc1nc(C)c(C(=O)N2CCCC(c3cc(Cc4ccccc4F)cc(C)n3)C2)s1. The van der Waals surface area contributed by atoms with E-state index in [1.54, 1.807) is 6.07 Å². The van der Waals surface area contributed by atoms with Crippen molar-refractivity contribution in [2.75, 3.05) is 25.5 Å². The first-order chi connectivity index (χ1) is 14.9. The highest BCUT2D eigenvalue weighted by Crippen LogP contribution is 2.30. The van der Waals surface area contributed by atoms with E-state index >= 15 is 0 Å². The molecule has 1 amide bonds. The molecule has 0 saturated carbocycles. The van der Waals surface area contributed by atoms with Crippen LogP contribution >= 0.6 is 11.3 Å². The third kappa shape index (κ3) is 4.77. The maximum absolute atomic E-state index is 14.1. The predicted octanol–water partition coefficient (Wildman–Crippen LogP) is 4.95. The lowest BCUT2D eigenvalue weighted by molar-refractivity contribution is 0.0710. The number of aryl methyl sites for hydroxylation is 2. The van der Waals surface area contributed by atoms with Crippen molar-refractivity contribution in [1.29, 1.82) is 0 Å². The van der Waals surface area contributed by atoms with Crippen molar-refractivity contribution in [3.05, 3.63) is 75.3 Å². The average Bonchev–Trinajstić information content (AvgIpc) is 3.15. The number of piperidine rings is 1. The monoisotopic (exact) mass is 438 g/mol. The fourth-order valence-electron chi connectivity index (χ4n) is 4.19. The summed E-state index contributed by atoms with van der Waals surface area (Å²) < 4.78 is 14.1. The maximum Gasteiger partial charge on any atom is 0.265 e. The second-order valence-electron chi connectivity index (χ2n) is 8.08. The highest BCUT2D eigenvalue weighted by Gasteiger charge is 2.29. The standard InChI is InChI=1S/C24H27FN4OS/c1-15-11-17(12-18-7-4-5-9-20(18)25)13-21(27-15)19-8-6-10-29(14-19)23(30)22-16(2)28-24(26-3)31-22/h4-5,7,9,11,13,19H,6,8,10,12,14H2,1-3H3,(H,26,28). The van der Waals surface area contributed by atoms with Gasteiger partial charge in [-0.05, 0) is 56.0 Å². The first-order valence-electron chi connectivity index (χ1n) is 10.6. The Morgan fingerprint density at radius 2 is 2.06 bits per heavy atom. The molecule has 3 heterocycles. The second-order valence-corrected chi connectivity index (χ2v) is 9.08. The van der Waals surface area contributed by atoms with Crippen molar-refractivity contribution in [3.63, 3.8) is 0 Å². The van der Waals surface area contributed by atoms with Crippen LogP contribution in [-0.2, 0) is 6.42 Å². The van der Waals surface area contributed by atoms with Gasteiger partial charge in [-0.15, -0.1) is 0 Å². The van der Waals surface area contributed by atoms with Gasteiger partial charge in [-0.25, -0.2) is 9.37 Å². The number of nitrogens with one attached hydrogen (secondary N) is 1. The van der Waals surface area contributed by atoms with Crippen LogP contribution in [0.2, 0.25) is 0 Å². The van der Waals surface area contributed by atoms with Crippen molar-refractivity contribution in [1.82, 2.24) is 14.9 Å².